The fraction of sp³-hybridized carbons (Fsp3) is 0.350. The van der Waals surface area contributed by atoms with E-state index < -0.39 is 0 Å². The van der Waals surface area contributed by atoms with Crippen LogP contribution in [0.4, 0.5) is 5.82 Å². The fourth-order valence-corrected chi connectivity index (χ4v) is 3.53. The van der Waals surface area contributed by atoms with Crippen LogP contribution in [0.5, 0.6) is 0 Å². The predicted molar refractivity (Wildman–Crippen MR) is 99.4 cm³/mol. The first-order valence-electron chi connectivity index (χ1n) is 8.82. The number of aliphatic hydroxyl groups is 1. The third-order valence-electron chi connectivity index (χ3n) is 4.96. The van der Waals surface area contributed by atoms with Gasteiger partial charge in [0.05, 0.1) is 11.6 Å². The summed E-state index contributed by atoms with van der Waals surface area (Å²) in [5.41, 5.74) is 1.91. The first-order valence-corrected chi connectivity index (χ1v) is 8.82. The van der Waals surface area contributed by atoms with E-state index >= 15 is 0 Å². The summed E-state index contributed by atoms with van der Waals surface area (Å²) in [4.78, 5) is 16.0. The minimum absolute atomic E-state index is 0.284. The number of rotatable bonds is 3. The molecule has 1 saturated heterocycles. The van der Waals surface area contributed by atoms with Gasteiger partial charge in [-0.25, -0.2) is 9.97 Å². The Kier molecular flexibility index (Phi) is 4.32. The molecule has 1 aromatic carbocycles. The van der Waals surface area contributed by atoms with Crippen LogP contribution in [0.15, 0.2) is 48.8 Å². The van der Waals surface area contributed by atoms with Crippen molar-refractivity contribution in [2.75, 3.05) is 18.0 Å². The van der Waals surface area contributed by atoms with Gasteiger partial charge in [0.15, 0.2) is 5.82 Å². The van der Waals surface area contributed by atoms with Crippen LogP contribution in [-0.2, 0) is 0 Å². The summed E-state index contributed by atoms with van der Waals surface area (Å²) in [6.07, 6.45) is 5.36. The molecule has 0 radical (unpaired) electrons. The molecular weight excluding hydrogens is 312 g/mol. The van der Waals surface area contributed by atoms with E-state index in [9.17, 15) is 5.11 Å². The monoisotopic (exact) mass is 334 g/mol. The lowest BCUT2D eigenvalue weighted by molar-refractivity contribution is 0.115. The highest BCUT2D eigenvalue weighted by Crippen LogP contribution is 2.31. The van der Waals surface area contributed by atoms with Crippen molar-refractivity contribution < 1.29 is 5.11 Å². The first-order chi connectivity index (χ1) is 12.2. The number of anilines is 1. The Hall–Kier alpha value is -2.53. The highest BCUT2D eigenvalue weighted by atomic mass is 16.3. The van der Waals surface area contributed by atoms with Gasteiger partial charge in [-0.3, -0.25) is 4.98 Å². The molecule has 4 rings (SSSR count). The van der Waals surface area contributed by atoms with E-state index in [-0.39, 0.29) is 12.0 Å². The number of benzene rings is 1. The predicted octanol–water partition coefficient (Wildman–Crippen LogP) is 3.29. The van der Waals surface area contributed by atoms with Crippen molar-refractivity contribution in [3.05, 3.63) is 48.8 Å². The van der Waals surface area contributed by atoms with Crippen molar-refractivity contribution in [2.24, 2.45) is 5.92 Å². The van der Waals surface area contributed by atoms with Crippen molar-refractivity contribution in [2.45, 2.75) is 25.9 Å². The molecule has 1 aliphatic heterocycles. The second kappa shape index (κ2) is 6.76. The molecule has 3 aromatic rings. The van der Waals surface area contributed by atoms with Gasteiger partial charge >= 0.3 is 0 Å². The second-order valence-corrected chi connectivity index (χ2v) is 6.71. The molecule has 5 nitrogen and oxygen atoms in total. The lowest BCUT2D eigenvalue weighted by Crippen LogP contribution is -2.40. The maximum Gasteiger partial charge on any atom is 0.162 e. The van der Waals surface area contributed by atoms with E-state index in [0.29, 0.717) is 0 Å². The Morgan fingerprint density at radius 3 is 2.72 bits per heavy atom. The Bertz CT molecular complexity index is 866. The SMILES string of the molecule is CC(O)C1CCCN(c2nc(-c3ccncc3)nc3ccccc23)C1. The summed E-state index contributed by atoms with van der Waals surface area (Å²) >= 11 is 0. The molecular formula is C20H22N4O. The summed E-state index contributed by atoms with van der Waals surface area (Å²) in [6, 6.07) is 12.0. The largest absolute Gasteiger partial charge is 0.393 e. The van der Waals surface area contributed by atoms with Gasteiger partial charge in [0, 0.05) is 42.4 Å². The maximum absolute atomic E-state index is 10.0. The van der Waals surface area contributed by atoms with Crippen molar-refractivity contribution in [1.82, 2.24) is 15.0 Å². The topological polar surface area (TPSA) is 62.1 Å². The molecule has 5 heteroatoms. The van der Waals surface area contributed by atoms with Crippen LogP contribution >= 0.6 is 0 Å². The first kappa shape index (κ1) is 16.0. The number of hydrogen-bond acceptors (Lipinski definition) is 5. The van der Waals surface area contributed by atoms with Crippen LogP contribution in [0.1, 0.15) is 19.8 Å². The number of fused-ring (bicyclic) bond motifs is 1. The molecule has 1 N–H and O–H groups in total. The average molecular weight is 334 g/mol. The number of piperidine rings is 1. The smallest absolute Gasteiger partial charge is 0.162 e. The minimum atomic E-state index is -0.296. The molecule has 2 atom stereocenters. The molecule has 128 valence electrons. The highest BCUT2D eigenvalue weighted by molar-refractivity contribution is 5.91. The van der Waals surface area contributed by atoms with Gasteiger partial charge in [0.2, 0.25) is 0 Å². The van der Waals surface area contributed by atoms with Crippen LogP contribution in [0.3, 0.4) is 0 Å². The Labute approximate surface area is 147 Å². The molecule has 3 heterocycles. The number of aromatic nitrogens is 3. The van der Waals surface area contributed by atoms with Gasteiger partial charge in [0.1, 0.15) is 5.82 Å². The van der Waals surface area contributed by atoms with Crippen molar-refractivity contribution >= 4 is 16.7 Å². The van der Waals surface area contributed by atoms with E-state index in [2.05, 4.69) is 16.0 Å². The zero-order valence-electron chi connectivity index (χ0n) is 14.3. The van der Waals surface area contributed by atoms with Gasteiger partial charge < -0.3 is 10.0 Å². The number of para-hydroxylation sites is 1. The molecule has 2 aromatic heterocycles. The van der Waals surface area contributed by atoms with Crippen LogP contribution in [0.25, 0.3) is 22.3 Å². The number of aliphatic hydroxyl groups excluding tert-OH is 1. The van der Waals surface area contributed by atoms with Gasteiger partial charge in [-0.2, -0.15) is 0 Å². The number of hydrogen-bond donors (Lipinski definition) is 1. The summed E-state index contributed by atoms with van der Waals surface area (Å²) in [7, 11) is 0. The molecule has 0 amide bonds. The Morgan fingerprint density at radius 2 is 1.92 bits per heavy atom. The maximum atomic E-state index is 10.0. The van der Waals surface area contributed by atoms with Gasteiger partial charge in [-0.05, 0) is 44.0 Å². The molecule has 0 spiro atoms. The Balaban J connectivity index is 1.81. The zero-order chi connectivity index (χ0) is 17.2. The molecule has 0 saturated carbocycles. The summed E-state index contributed by atoms with van der Waals surface area (Å²) in [5, 5.41) is 11.1. The summed E-state index contributed by atoms with van der Waals surface area (Å²) in [5.74, 6) is 1.96. The van der Waals surface area contributed by atoms with Crippen molar-refractivity contribution in [3.8, 4) is 11.4 Å². The van der Waals surface area contributed by atoms with Crippen LogP contribution in [-0.4, -0.2) is 39.3 Å². The lowest BCUT2D eigenvalue weighted by Gasteiger charge is -2.35. The molecule has 0 bridgehead atoms. The molecule has 2 unspecified atom stereocenters. The van der Waals surface area contributed by atoms with E-state index in [1.807, 2.05) is 37.3 Å². The van der Waals surface area contributed by atoms with E-state index in [0.717, 1.165) is 54.0 Å². The molecule has 1 aliphatic rings. The van der Waals surface area contributed by atoms with Crippen LogP contribution in [0.2, 0.25) is 0 Å². The van der Waals surface area contributed by atoms with Gasteiger partial charge in [-0.1, -0.05) is 12.1 Å². The van der Waals surface area contributed by atoms with Crippen molar-refractivity contribution in [1.29, 1.82) is 0 Å². The van der Waals surface area contributed by atoms with Crippen LogP contribution in [0, 0.1) is 5.92 Å². The Morgan fingerprint density at radius 1 is 1.12 bits per heavy atom. The second-order valence-electron chi connectivity index (χ2n) is 6.71. The fourth-order valence-electron chi connectivity index (χ4n) is 3.53. The summed E-state index contributed by atoms with van der Waals surface area (Å²) in [6.45, 7) is 3.67. The third-order valence-corrected chi connectivity index (χ3v) is 4.96. The van der Waals surface area contributed by atoms with Gasteiger partial charge in [-0.15, -0.1) is 0 Å². The number of nitrogens with zero attached hydrogens (tertiary/aromatic N) is 4. The zero-order valence-corrected chi connectivity index (χ0v) is 14.3. The van der Waals surface area contributed by atoms with Crippen molar-refractivity contribution in [3.63, 3.8) is 0 Å². The highest BCUT2D eigenvalue weighted by Gasteiger charge is 2.26. The normalized spacial score (nSPS) is 19.1. The quantitative estimate of drug-likeness (QED) is 0.796. The van der Waals surface area contributed by atoms with E-state index in [4.69, 9.17) is 9.97 Å². The standard InChI is InChI=1S/C20H22N4O/c1-14(25)16-5-4-12-24(13-16)20-17-6-2-3-7-18(17)22-19(23-20)15-8-10-21-11-9-15/h2-3,6-11,14,16,25H,4-5,12-13H2,1H3. The molecule has 0 aliphatic carbocycles. The third kappa shape index (κ3) is 3.20. The van der Waals surface area contributed by atoms with Gasteiger partial charge in [0.25, 0.3) is 0 Å². The number of pyridine rings is 1. The molecule has 1 fully saturated rings. The van der Waals surface area contributed by atoms with E-state index in [1.165, 1.54) is 0 Å². The van der Waals surface area contributed by atoms with Crippen LogP contribution < -0.4 is 4.90 Å². The average Bonchev–Trinajstić information content (AvgIpc) is 2.68. The molecule has 25 heavy (non-hydrogen) atoms. The lowest BCUT2D eigenvalue weighted by atomic mass is 9.93. The summed E-state index contributed by atoms with van der Waals surface area (Å²) < 4.78 is 0. The van der Waals surface area contributed by atoms with E-state index in [1.54, 1.807) is 12.4 Å². The minimum Gasteiger partial charge on any atom is -0.393 e.